The minimum absolute atomic E-state index is 0.0801. The number of rotatable bonds is 5. The summed E-state index contributed by atoms with van der Waals surface area (Å²) in [6.07, 6.45) is 6.10. The summed E-state index contributed by atoms with van der Waals surface area (Å²) in [6.45, 7) is 6.17. The van der Waals surface area contributed by atoms with Crippen LogP contribution in [0.2, 0.25) is 0 Å². The molecule has 2 aliphatic heterocycles. The molecule has 30 heavy (non-hydrogen) atoms. The second kappa shape index (κ2) is 9.62. The molecule has 1 aromatic carbocycles. The molecule has 0 bridgehead atoms. The van der Waals surface area contributed by atoms with Crippen molar-refractivity contribution >= 4 is 5.69 Å². The zero-order valence-corrected chi connectivity index (χ0v) is 17.4. The molecule has 7 heteroatoms. The van der Waals surface area contributed by atoms with Crippen molar-refractivity contribution in [2.75, 3.05) is 44.2 Å². The van der Waals surface area contributed by atoms with Gasteiger partial charge in [-0.1, -0.05) is 12.8 Å². The van der Waals surface area contributed by atoms with Crippen molar-refractivity contribution in [3.8, 4) is 5.75 Å². The molecule has 0 unspecified atom stereocenters. The summed E-state index contributed by atoms with van der Waals surface area (Å²) in [7, 11) is 0. The number of halogens is 1. The van der Waals surface area contributed by atoms with E-state index >= 15 is 0 Å². The monoisotopic (exact) mass is 415 g/mol. The summed E-state index contributed by atoms with van der Waals surface area (Å²) in [4.78, 5) is 19.0. The van der Waals surface area contributed by atoms with Gasteiger partial charge in [-0.05, 0) is 50.2 Å². The third-order valence-electron chi connectivity index (χ3n) is 6.18. The first kappa shape index (κ1) is 20.9. The van der Waals surface area contributed by atoms with Gasteiger partial charge >= 0.3 is 5.63 Å². The highest BCUT2D eigenvalue weighted by atomic mass is 19.1. The van der Waals surface area contributed by atoms with Crippen LogP contribution in [0.5, 0.6) is 5.75 Å². The van der Waals surface area contributed by atoms with E-state index in [1.165, 1.54) is 31.2 Å². The molecule has 0 atom stereocenters. The van der Waals surface area contributed by atoms with Gasteiger partial charge in [-0.2, -0.15) is 0 Å². The highest BCUT2D eigenvalue weighted by molar-refractivity contribution is 5.46. The van der Waals surface area contributed by atoms with Gasteiger partial charge in [-0.3, -0.25) is 9.80 Å². The molecule has 2 saturated heterocycles. The summed E-state index contributed by atoms with van der Waals surface area (Å²) in [5.41, 5.74) is 1.61. The zero-order chi connectivity index (χ0) is 20.9. The van der Waals surface area contributed by atoms with Crippen LogP contribution in [0.3, 0.4) is 0 Å². The minimum Gasteiger partial charge on any atom is -0.507 e. The predicted octanol–water partition coefficient (Wildman–Crippen LogP) is 3.18. The average molecular weight is 416 g/mol. The van der Waals surface area contributed by atoms with E-state index in [0.717, 1.165) is 57.8 Å². The lowest BCUT2D eigenvalue weighted by Crippen LogP contribution is -2.46. The normalized spacial score (nSPS) is 19.0. The van der Waals surface area contributed by atoms with Crippen LogP contribution in [-0.4, -0.2) is 54.2 Å². The van der Waals surface area contributed by atoms with E-state index in [0.29, 0.717) is 24.2 Å². The second-order valence-corrected chi connectivity index (χ2v) is 8.31. The molecule has 0 radical (unpaired) electrons. The molecule has 0 aliphatic carbocycles. The van der Waals surface area contributed by atoms with Crippen LogP contribution >= 0.6 is 0 Å². The van der Waals surface area contributed by atoms with E-state index in [1.54, 1.807) is 12.1 Å². The Morgan fingerprint density at radius 2 is 1.50 bits per heavy atom. The quantitative estimate of drug-likeness (QED) is 0.810. The van der Waals surface area contributed by atoms with Gasteiger partial charge in [0.15, 0.2) is 0 Å². The van der Waals surface area contributed by atoms with Gasteiger partial charge < -0.3 is 14.4 Å². The molecule has 0 saturated carbocycles. The third kappa shape index (κ3) is 5.02. The molecule has 6 nitrogen and oxygen atoms in total. The first-order valence-electron chi connectivity index (χ1n) is 10.9. The first-order chi connectivity index (χ1) is 14.6. The smallest absolute Gasteiger partial charge is 0.343 e. The molecular formula is C23H30FN3O3. The number of hydrogen-bond donors (Lipinski definition) is 1. The molecule has 2 fully saturated rings. The van der Waals surface area contributed by atoms with Gasteiger partial charge in [0.05, 0.1) is 5.56 Å². The Kier molecular flexibility index (Phi) is 6.69. The standard InChI is InChI=1S/C23H30FN3O3/c24-19-5-7-20(8-6-19)27-13-11-26(12-14-27)15-18-17-30-23(29)21(22(18)28)16-25-9-3-1-2-4-10-25/h5-8,17,28H,1-4,9-16H2. The van der Waals surface area contributed by atoms with E-state index in [1.807, 2.05) is 0 Å². The molecule has 0 amide bonds. The van der Waals surface area contributed by atoms with Gasteiger partial charge in [-0.25, -0.2) is 9.18 Å². The van der Waals surface area contributed by atoms with Crippen molar-refractivity contribution in [2.45, 2.75) is 38.8 Å². The number of benzene rings is 1. The summed E-state index contributed by atoms with van der Waals surface area (Å²) in [6, 6.07) is 6.57. The second-order valence-electron chi connectivity index (χ2n) is 8.31. The molecule has 1 aromatic heterocycles. The Morgan fingerprint density at radius 3 is 2.17 bits per heavy atom. The Hall–Kier alpha value is -2.38. The fraction of sp³-hybridized carbons (Fsp3) is 0.522. The Morgan fingerprint density at radius 1 is 0.867 bits per heavy atom. The van der Waals surface area contributed by atoms with E-state index in [2.05, 4.69) is 14.7 Å². The number of nitrogens with zero attached hydrogens (tertiary/aromatic N) is 3. The number of anilines is 1. The Labute approximate surface area is 176 Å². The van der Waals surface area contributed by atoms with E-state index in [4.69, 9.17) is 4.42 Å². The number of likely N-dealkylation sites (tertiary alicyclic amines) is 1. The van der Waals surface area contributed by atoms with Crippen molar-refractivity contribution in [2.24, 2.45) is 0 Å². The van der Waals surface area contributed by atoms with E-state index in [-0.39, 0.29) is 11.6 Å². The number of hydrogen-bond acceptors (Lipinski definition) is 6. The van der Waals surface area contributed by atoms with Crippen LogP contribution in [0.1, 0.15) is 36.8 Å². The molecule has 162 valence electrons. The fourth-order valence-corrected chi connectivity index (χ4v) is 4.37. The lowest BCUT2D eigenvalue weighted by Gasteiger charge is -2.36. The predicted molar refractivity (Wildman–Crippen MR) is 114 cm³/mol. The molecule has 0 spiro atoms. The number of aromatic hydroxyl groups is 1. The minimum atomic E-state index is -0.443. The zero-order valence-electron chi connectivity index (χ0n) is 17.4. The molecule has 3 heterocycles. The SMILES string of the molecule is O=c1occ(CN2CCN(c3ccc(F)cc3)CC2)c(O)c1CN1CCCCCC1. The first-order valence-corrected chi connectivity index (χ1v) is 10.9. The summed E-state index contributed by atoms with van der Waals surface area (Å²) in [5.74, 6) is -0.147. The molecule has 4 rings (SSSR count). The third-order valence-corrected chi connectivity index (χ3v) is 6.18. The number of piperazine rings is 1. The Bertz CT molecular complexity index is 884. The van der Waals surface area contributed by atoms with Gasteiger partial charge in [0.25, 0.3) is 0 Å². The maximum absolute atomic E-state index is 13.1. The van der Waals surface area contributed by atoms with Crippen LogP contribution < -0.4 is 10.5 Å². The van der Waals surface area contributed by atoms with E-state index < -0.39 is 5.63 Å². The van der Waals surface area contributed by atoms with Crippen molar-refractivity contribution in [3.63, 3.8) is 0 Å². The summed E-state index contributed by atoms with van der Waals surface area (Å²) in [5, 5.41) is 10.8. The lowest BCUT2D eigenvalue weighted by atomic mass is 10.1. The van der Waals surface area contributed by atoms with Crippen molar-refractivity contribution in [1.29, 1.82) is 0 Å². The van der Waals surface area contributed by atoms with Crippen molar-refractivity contribution in [3.05, 3.63) is 57.9 Å². The molecular weight excluding hydrogens is 385 g/mol. The maximum Gasteiger partial charge on any atom is 0.343 e. The van der Waals surface area contributed by atoms with Gasteiger partial charge in [0, 0.05) is 50.5 Å². The lowest BCUT2D eigenvalue weighted by molar-refractivity contribution is 0.239. The highest BCUT2D eigenvalue weighted by Crippen LogP contribution is 2.25. The molecule has 1 N–H and O–H groups in total. The van der Waals surface area contributed by atoms with Gasteiger partial charge in [0.2, 0.25) is 0 Å². The highest BCUT2D eigenvalue weighted by Gasteiger charge is 2.22. The van der Waals surface area contributed by atoms with Crippen LogP contribution in [0.4, 0.5) is 10.1 Å². The van der Waals surface area contributed by atoms with Crippen molar-refractivity contribution in [1.82, 2.24) is 9.80 Å². The van der Waals surface area contributed by atoms with Crippen LogP contribution in [0.15, 0.2) is 39.7 Å². The molecule has 2 aliphatic rings. The average Bonchev–Trinajstić information content (AvgIpc) is 3.03. The largest absolute Gasteiger partial charge is 0.507 e. The van der Waals surface area contributed by atoms with Crippen molar-refractivity contribution < 1.29 is 13.9 Å². The summed E-state index contributed by atoms with van der Waals surface area (Å²) < 4.78 is 18.4. The van der Waals surface area contributed by atoms with Crippen LogP contribution in [0.25, 0.3) is 0 Å². The maximum atomic E-state index is 13.1. The fourth-order valence-electron chi connectivity index (χ4n) is 4.37. The van der Waals surface area contributed by atoms with Crippen LogP contribution in [-0.2, 0) is 13.1 Å². The van der Waals surface area contributed by atoms with E-state index in [9.17, 15) is 14.3 Å². The topological polar surface area (TPSA) is 60.2 Å². The summed E-state index contributed by atoms with van der Waals surface area (Å²) >= 11 is 0. The van der Waals surface area contributed by atoms with Gasteiger partial charge in [-0.15, -0.1) is 0 Å². The van der Waals surface area contributed by atoms with Gasteiger partial charge in [0.1, 0.15) is 17.8 Å². The van der Waals surface area contributed by atoms with Crippen LogP contribution in [0, 0.1) is 5.82 Å². The molecule has 2 aromatic rings. The Balaban J connectivity index is 1.39.